The van der Waals surface area contributed by atoms with Crippen molar-refractivity contribution in [3.63, 3.8) is 0 Å². The maximum atomic E-state index is 6.33. The van der Waals surface area contributed by atoms with Gasteiger partial charge in [-0.05, 0) is 55.3 Å². The van der Waals surface area contributed by atoms with Crippen molar-refractivity contribution in [2.24, 2.45) is 5.92 Å². The van der Waals surface area contributed by atoms with E-state index in [0.717, 1.165) is 23.5 Å². The van der Waals surface area contributed by atoms with Gasteiger partial charge in [0.05, 0.1) is 0 Å². The summed E-state index contributed by atoms with van der Waals surface area (Å²) in [5.74, 6) is 0.752. The van der Waals surface area contributed by atoms with Gasteiger partial charge in [-0.2, -0.15) is 0 Å². The molecule has 1 rings (SSSR count). The molecular formula is C18H28ClP. The minimum atomic E-state index is -1.18. The second-order valence-corrected chi connectivity index (χ2v) is 10.5. The quantitative estimate of drug-likeness (QED) is 0.285. The fourth-order valence-corrected chi connectivity index (χ4v) is 6.11. The van der Waals surface area contributed by atoms with Crippen molar-refractivity contribution < 1.29 is 0 Å². The maximum Gasteiger partial charge on any atom is 0.0441 e. The predicted octanol–water partition coefficient (Wildman–Crippen LogP) is 6.30. The van der Waals surface area contributed by atoms with Crippen molar-refractivity contribution in [1.29, 1.82) is 0 Å². The Morgan fingerprint density at radius 3 is 2.55 bits per heavy atom. The van der Waals surface area contributed by atoms with E-state index in [1.54, 1.807) is 0 Å². The zero-order chi connectivity index (χ0) is 15.0. The number of hydrogen-bond acceptors (Lipinski definition) is 0. The summed E-state index contributed by atoms with van der Waals surface area (Å²) < 4.78 is 0. The Balaban J connectivity index is 2.78. The minimum Gasteiger partial charge on any atom is -0.108 e. The molecule has 0 aliphatic heterocycles. The third-order valence-corrected chi connectivity index (χ3v) is 7.54. The van der Waals surface area contributed by atoms with Crippen LogP contribution in [0.5, 0.6) is 0 Å². The van der Waals surface area contributed by atoms with E-state index in [1.807, 2.05) is 18.2 Å². The molecule has 0 amide bonds. The molecule has 0 spiro atoms. The van der Waals surface area contributed by atoms with Crippen LogP contribution in [0.4, 0.5) is 0 Å². The highest BCUT2D eigenvalue weighted by molar-refractivity contribution is 7.73. The van der Waals surface area contributed by atoms with Crippen molar-refractivity contribution in [3.8, 4) is 0 Å². The van der Waals surface area contributed by atoms with Gasteiger partial charge in [-0.1, -0.05) is 49.7 Å². The molecule has 0 bridgehead atoms. The molecule has 20 heavy (non-hydrogen) atoms. The number of hydrogen-bond donors (Lipinski definition) is 0. The summed E-state index contributed by atoms with van der Waals surface area (Å²) in [5, 5.41) is 0.897. The summed E-state index contributed by atoms with van der Waals surface area (Å²) in [6.07, 6.45) is 13.9. The van der Waals surface area contributed by atoms with Crippen LogP contribution in [0.25, 0.3) is 0 Å². The summed E-state index contributed by atoms with van der Waals surface area (Å²) in [7, 11) is 0. The Kier molecular flexibility index (Phi) is 7.70. The van der Waals surface area contributed by atoms with E-state index >= 15 is 0 Å². The molecule has 0 N–H and O–H groups in total. The van der Waals surface area contributed by atoms with Gasteiger partial charge in [0.25, 0.3) is 0 Å². The van der Waals surface area contributed by atoms with Gasteiger partial charge in [-0.3, -0.25) is 0 Å². The molecule has 0 radical (unpaired) electrons. The van der Waals surface area contributed by atoms with Crippen molar-refractivity contribution in [1.82, 2.24) is 0 Å². The van der Waals surface area contributed by atoms with Gasteiger partial charge in [-0.15, -0.1) is 19.8 Å². The SMILES string of the molecule is C=CCCCP(=C)(CCC(C)C)Cc1ccccc1Cl. The summed E-state index contributed by atoms with van der Waals surface area (Å²) >= 11 is 6.33. The van der Waals surface area contributed by atoms with Gasteiger partial charge in [0.1, 0.15) is 0 Å². The molecule has 1 unspecified atom stereocenters. The molecule has 2 heteroatoms. The average Bonchev–Trinajstić information content (AvgIpc) is 2.40. The fraction of sp³-hybridized carbons (Fsp3) is 0.500. The topological polar surface area (TPSA) is 0 Å². The molecular weight excluding hydrogens is 283 g/mol. The van der Waals surface area contributed by atoms with E-state index < -0.39 is 6.89 Å². The summed E-state index contributed by atoms with van der Waals surface area (Å²) in [4.78, 5) is 0. The van der Waals surface area contributed by atoms with Crippen LogP contribution in [-0.4, -0.2) is 18.6 Å². The lowest BCUT2D eigenvalue weighted by atomic mass is 10.2. The first-order valence-corrected chi connectivity index (χ1v) is 10.4. The molecule has 0 nitrogen and oxygen atoms in total. The van der Waals surface area contributed by atoms with Crippen LogP contribution >= 0.6 is 18.5 Å². The Morgan fingerprint density at radius 1 is 1.25 bits per heavy atom. The lowest BCUT2D eigenvalue weighted by molar-refractivity contribution is 0.628. The third-order valence-electron chi connectivity index (χ3n) is 3.69. The number of unbranched alkanes of at least 4 members (excludes halogenated alkanes) is 1. The lowest BCUT2D eigenvalue weighted by Gasteiger charge is -2.26. The van der Waals surface area contributed by atoms with Gasteiger partial charge < -0.3 is 0 Å². The zero-order valence-corrected chi connectivity index (χ0v) is 14.6. The third kappa shape index (κ3) is 6.33. The van der Waals surface area contributed by atoms with Gasteiger partial charge >= 0.3 is 0 Å². The molecule has 0 heterocycles. The first kappa shape index (κ1) is 17.6. The Morgan fingerprint density at radius 2 is 1.95 bits per heavy atom. The van der Waals surface area contributed by atoms with E-state index in [0.29, 0.717) is 0 Å². The van der Waals surface area contributed by atoms with Crippen LogP contribution < -0.4 is 0 Å². The Hall–Kier alpha value is -0.450. The van der Waals surface area contributed by atoms with Gasteiger partial charge in [0.15, 0.2) is 0 Å². The second kappa shape index (κ2) is 8.75. The molecule has 0 saturated heterocycles. The van der Waals surface area contributed by atoms with Gasteiger partial charge in [0.2, 0.25) is 0 Å². The lowest BCUT2D eigenvalue weighted by Crippen LogP contribution is -2.03. The van der Waals surface area contributed by atoms with Crippen LogP contribution in [0.15, 0.2) is 36.9 Å². The molecule has 0 fully saturated rings. The van der Waals surface area contributed by atoms with Crippen molar-refractivity contribution in [3.05, 3.63) is 47.5 Å². The maximum absolute atomic E-state index is 6.33. The number of allylic oxidation sites excluding steroid dienone is 1. The zero-order valence-electron chi connectivity index (χ0n) is 12.9. The molecule has 1 aromatic rings. The standard InChI is InChI=1S/C18H28ClP/c1-5-6-9-13-20(4,14-12-16(2)3)15-17-10-7-8-11-18(17)19/h5,7-8,10-11,16H,1,4,6,9,12-15H2,2-3H3. The predicted molar refractivity (Wildman–Crippen MR) is 97.8 cm³/mol. The molecule has 112 valence electrons. The molecule has 1 atom stereocenters. The van der Waals surface area contributed by atoms with E-state index in [1.165, 1.54) is 30.7 Å². The number of halogens is 1. The number of rotatable bonds is 9. The second-order valence-electron chi connectivity index (χ2n) is 6.15. The highest BCUT2D eigenvalue weighted by Crippen LogP contribution is 2.51. The largest absolute Gasteiger partial charge is 0.108 e. The fourth-order valence-electron chi connectivity index (χ4n) is 2.36. The Labute approximate surface area is 130 Å². The van der Waals surface area contributed by atoms with E-state index in [9.17, 15) is 0 Å². The summed E-state index contributed by atoms with van der Waals surface area (Å²) in [6, 6.07) is 8.23. The molecule has 1 aromatic carbocycles. The normalized spacial score (nSPS) is 14.2. The van der Waals surface area contributed by atoms with Crippen LogP contribution in [0.3, 0.4) is 0 Å². The first-order valence-electron chi connectivity index (χ1n) is 7.51. The van der Waals surface area contributed by atoms with E-state index in [-0.39, 0.29) is 0 Å². The molecule has 0 aliphatic carbocycles. The summed E-state index contributed by atoms with van der Waals surface area (Å²) in [5.41, 5.74) is 1.28. The Bertz CT molecular complexity index is 462. The summed E-state index contributed by atoms with van der Waals surface area (Å²) in [6.45, 7) is 7.23. The van der Waals surface area contributed by atoms with Crippen LogP contribution in [0, 0.1) is 5.92 Å². The average molecular weight is 311 g/mol. The van der Waals surface area contributed by atoms with E-state index in [4.69, 9.17) is 11.6 Å². The van der Waals surface area contributed by atoms with E-state index in [2.05, 4.69) is 38.9 Å². The van der Waals surface area contributed by atoms with Crippen molar-refractivity contribution in [2.75, 3.05) is 12.3 Å². The molecule has 0 aliphatic rings. The first-order chi connectivity index (χ1) is 9.47. The van der Waals surface area contributed by atoms with Crippen LogP contribution in [0.1, 0.15) is 38.7 Å². The van der Waals surface area contributed by atoms with Gasteiger partial charge in [-0.25, -0.2) is 0 Å². The van der Waals surface area contributed by atoms with Crippen molar-refractivity contribution >= 4 is 24.8 Å². The molecule has 0 saturated carbocycles. The highest BCUT2D eigenvalue weighted by atomic mass is 35.5. The number of benzene rings is 1. The minimum absolute atomic E-state index is 0.752. The van der Waals surface area contributed by atoms with Crippen LogP contribution in [0.2, 0.25) is 5.02 Å². The monoisotopic (exact) mass is 310 g/mol. The van der Waals surface area contributed by atoms with Gasteiger partial charge in [0, 0.05) is 5.02 Å². The smallest absolute Gasteiger partial charge is 0.0441 e. The van der Waals surface area contributed by atoms with Crippen LogP contribution in [-0.2, 0) is 6.16 Å². The van der Waals surface area contributed by atoms with Crippen molar-refractivity contribution in [2.45, 2.75) is 39.3 Å². The highest BCUT2D eigenvalue weighted by Gasteiger charge is 2.16. The molecule has 0 aromatic heterocycles.